The number of carbonyl (C=O) groups excluding carboxylic acids is 2. The first kappa shape index (κ1) is 21.6. The standard InChI is InChI=1S/C27H23NO6/c1-16-6-3-4-9-20(16)24-23(25(29)17-10-11-21-22(14-17)34-13-12-33-21)26(30)27(31)28(24)18-7-5-8-19(15-18)32-2/h3-11,14-15,24,29H,12-13H2,1-2H3/b25-23+. The van der Waals surface area contributed by atoms with Gasteiger partial charge in [0, 0.05) is 17.3 Å². The van der Waals surface area contributed by atoms with E-state index in [1.54, 1.807) is 42.5 Å². The summed E-state index contributed by atoms with van der Waals surface area (Å²) < 4.78 is 16.5. The number of benzene rings is 3. The Balaban J connectivity index is 1.71. The van der Waals surface area contributed by atoms with Gasteiger partial charge in [-0.3, -0.25) is 14.5 Å². The molecule has 0 aromatic heterocycles. The lowest BCUT2D eigenvalue weighted by atomic mass is 9.92. The lowest BCUT2D eigenvalue weighted by Gasteiger charge is -2.27. The number of aryl methyl sites for hydroxylation is 1. The number of methoxy groups -OCH3 is 1. The molecule has 3 aromatic rings. The van der Waals surface area contributed by atoms with Gasteiger partial charge in [0.25, 0.3) is 11.7 Å². The van der Waals surface area contributed by atoms with E-state index in [1.807, 2.05) is 31.2 Å². The number of hydrogen-bond donors (Lipinski definition) is 1. The van der Waals surface area contributed by atoms with Gasteiger partial charge >= 0.3 is 0 Å². The summed E-state index contributed by atoms with van der Waals surface area (Å²) in [5, 5.41) is 11.4. The van der Waals surface area contributed by atoms with E-state index >= 15 is 0 Å². The summed E-state index contributed by atoms with van der Waals surface area (Å²) in [5.74, 6) is -0.160. The number of ether oxygens (including phenoxy) is 3. The highest BCUT2D eigenvalue weighted by atomic mass is 16.6. The van der Waals surface area contributed by atoms with Gasteiger partial charge in [0.05, 0.1) is 18.7 Å². The summed E-state index contributed by atoms with van der Waals surface area (Å²) in [4.78, 5) is 28.1. The number of fused-ring (bicyclic) bond motifs is 1. The van der Waals surface area contributed by atoms with E-state index in [9.17, 15) is 14.7 Å². The molecular weight excluding hydrogens is 434 g/mol. The van der Waals surface area contributed by atoms with Crippen LogP contribution in [0.2, 0.25) is 0 Å². The van der Waals surface area contributed by atoms with Crippen molar-refractivity contribution in [2.75, 3.05) is 25.2 Å². The third-order valence-corrected chi connectivity index (χ3v) is 6.07. The molecule has 0 bridgehead atoms. The van der Waals surface area contributed by atoms with E-state index in [2.05, 4.69) is 0 Å². The number of amides is 1. The van der Waals surface area contributed by atoms with Crippen molar-refractivity contribution in [3.63, 3.8) is 0 Å². The number of ketones is 1. The van der Waals surface area contributed by atoms with Crippen LogP contribution in [0.25, 0.3) is 5.76 Å². The number of Topliss-reactive ketones (excluding diaryl/α,β-unsaturated/α-hetero) is 1. The Kier molecular flexibility index (Phi) is 5.45. The van der Waals surface area contributed by atoms with Crippen molar-refractivity contribution in [3.8, 4) is 17.2 Å². The van der Waals surface area contributed by atoms with Crippen molar-refractivity contribution in [2.24, 2.45) is 0 Å². The van der Waals surface area contributed by atoms with Crippen LogP contribution in [-0.2, 0) is 9.59 Å². The fourth-order valence-corrected chi connectivity index (χ4v) is 4.39. The molecule has 2 aliphatic heterocycles. The van der Waals surface area contributed by atoms with Crippen molar-refractivity contribution in [2.45, 2.75) is 13.0 Å². The molecule has 0 spiro atoms. The molecule has 1 amide bonds. The van der Waals surface area contributed by atoms with Crippen LogP contribution >= 0.6 is 0 Å². The lowest BCUT2D eigenvalue weighted by molar-refractivity contribution is -0.132. The van der Waals surface area contributed by atoms with Gasteiger partial charge in [0.15, 0.2) is 11.5 Å². The first-order valence-corrected chi connectivity index (χ1v) is 10.9. The highest BCUT2D eigenvalue weighted by molar-refractivity contribution is 6.51. The molecule has 1 unspecified atom stereocenters. The molecule has 0 aliphatic carbocycles. The number of anilines is 1. The van der Waals surface area contributed by atoms with Crippen LogP contribution in [-0.4, -0.2) is 37.1 Å². The molecule has 34 heavy (non-hydrogen) atoms. The van der Waals surface area contributed by atoms with Gasteiger partial charge in [-0.15, -0.1) is 0 Å². The van der Waals surface area contributed by atoms with Crippen LogP contribution in [0.4, 0.5) is 5.69 Å². The normalized spacial score (nSPS) is 18.8. The monoisotopic (exact) mass is 457 g/mol. The highest BCUT2D eigenvalue weighted by Gasteiger charge is 2.47. The Labute approximate surface area is 196 Å². The molecular formula is C27H23NO6. The summed E-state index contributed by atoms with van der Waals surface area (Å²) in [7, 11) is 1.54. The Bertz CT molecular complexity index is 1330. The smallest absolute Gasteiger partial charge is 0.300 e. The second kappa shape index (κ2) is 8.59. The number of carbonyl (C=O) groups is 2. The highest BCUT2D eigenvalue weighted by Crippen LogP contribution is 2.44. The molecule has 1 saturated heterocycles. The van der Waals surface area contributed by atoms with Crippen LogP contribution in [0.1, 0.15) is 22.7 Å². The van der Waals surface area contributed by atoms with Crippen LogP contribution < -0.4 is 19.1 Å². The number of aliphatic hydroxyl groups is 1. The molecule has 172 valence electrons. The SMILES string of the molecule is COc1cccc(N2C(=O)C(=O)/C(=C(/O)c3ccc4c(c3)OCCO4)C2c2ccccc2C)c1. The predicted molar refractivity (Wildman–Crippen MR) is 126 cm³/mol. The predicted octanol–water partition coefficient (Wildman–Crippen LogP) is 4.40. The number of rotatable bonds is 4. The summed E-state index contributed by atoms with van der Waals surface area (Å²) in [5.41, 5.74) is 2.50. The van der Waals surface area contributed by atoms with E-state index in [0.717, 1.165) is 11.1 Å². The van der Waals surface area contributed by atoms with Crippen molar-refractivity contribution in [1.82, 2.24) is 0 Å². The average molecular weight is 457 g/mol. The van der Waals surface area contributed by atoms with Crippen LogP contribution in [0.5, 0.6) is 17.2 Å². The average Bonchev–Trinajstić information content (AvgIpc) is 3.13. The molecule has 2 heterocycles. The van der Waals surface area contributed by atoms with E-state index in [-0.39, 0.29) is 11.3 Å². The molecule has 1 N–H and O–H groups in total. The van der Waals surface area contributed by atoms with E-state index in [4.69, 9.17) is 14.2 Å². The second-order valence-electron chi connectivity index (χ2n) is 8.09. The third kappa shape index (κ3) is 3.55. The first-order valence-electron chi connectivity index (χ1n) is 10.9. The molecule has 1 fully saturated rings. The molecule has 0 radical (unpaired) electrons. The minimum absolute atomic E-state index is 0.0128. The molecule has 7 nitrogen and oxygen atoms in total. The minimum Gasteiger partial charge on any atom is -0.507 e. The molecule has 3 aromatic carbocycles. The topological polar surface area (TPSA) is 85.3 Å². The van der Waals surface area contributed by atoms with E-state index < -0.39 is 17.7 Å². The van der Waals surface area contributed by atoms with Crippen molar-refractivity contribution >= 4 is 23.1 Å². The van der Waals surface area contributed by atoms with Gasteiger partial charge in [0.2, 0.25) is 0 Å². The zero-order chi connectivity index (χ0) is 23.8. The maximum Gasteiger partial charge on any atom is 0.300 e. The zero-order valence-corrected chi connectivity index (χ0v) is 18.8. The molecule has 0 saturated carbocycles. The van der Waals surface area contributed by atoms with E-state index in [0.29, 0.717) is 41.7 Å². The Morgan fingerprint density at radius 3 is 2.50 bits per heavy atom. The summed E-state index contributed by atoms with van der Waals surface area (Å²) in [6, 6.07) is 18.6. The van der Waals surface area contributed by atoms with Gasteiger partial charge in [-0.25, -0.2) is 0 Å². The van der Waals surface area contributed by atoms with Gasteiger partial charge in [0.1, 0.15) is 24.7 Å². The number of hydrogen-bond acceptors (Lipinski definition) is 6. The van der Waals surface area contributed by atoms with Gasteiger partial charge in [-0.05, 0) is 48.4 Å². The maximum atomic E-state index is 13.3. The Morgan fingerprint density at radius 2 is 1.74 bits per heavy atom. The first-order chi connectivity index (χ1) is 16.5. The minimum atomic E-state index is -0.818. The Hall–Kier alpha value is -4.26. The van der Waals surface area contributed by atoms with Crippen LogP contribution in [0.3, 0.4) is 0 Å². The summed E-state index contributed by atoms with van der Waals surface area (Å²) in [6.45, 7) is 2.74. The van der Waals surface area contributed by atoms with Crippen molar-refractivity contribution < 1.29 is 28.9 Å². The summed E-state index contributed by atoms with van der Waals surface area (Å²) >= 11 is 0. The Morgan fingerprint density at radius 1 is 0.971 bits per heavy atom. The molecule has 7 heteroatoms. The number of aliphatic hydroxyl groups excluding tert-OH is 1. The van der Waals surface area contributed by atoms with Crippen molar-refractivity contribution in [1.29, 1.82) is 0 Å². The zero-order valence-electron chi connectivity index (χ0n) is 18.8. The molecule has 1 atom stereocenters. The largest absolute Gasteiger partial charge is 0.507 e. The lowest BCUT2D eigenvalue weighted by Crippen LogP contribution is -2.29. The van der Waals surface area contributed by atoms with Gasteiger partial charge in [-0.2, -0.15) is 0 Å². The van der Waals surface area contributed by atoms with Crippen LogP contribution in [0, 0.1) is 6.92 Å². The molecule has 5 rings (SSSR count). The molecule has 2 aliphatic rings. The fourth-order valence-electron chi connectivity index (χ4n) is 4.39. The summed E-state index contributed by atoms with van der Waals surface area (Å²) in [6.07, 6.45) is 0. The van der Waals surface area contributed by atoms with Crippen LogP contribution in [0.15, 0.2) is 72.3 Å². The quantitative estimate of drug-likeness (QED) is 0.355. The van der Waals surface area contributed by atoms with Gasteiger partial charge in [-0.1, -0.05) is 30.3 Å². The number of nitrogens with zero attached hydrogens (tertiary/aromatic N) is 1. The van der Waals surface area contributed by atoms with Crippen molar-refractivity contribution in [3.05, 3.63) is 89.0 Å². The van der Waals surface area contributed by atoms with Gasteiger partial charge < -0.3 is 19.3 Å². The fraction of sp³-hybridized carbons (Fsp3) is 0.185. The second-order valence-corrected chi connectivity index (χ2v) is 8.09. The third-order valence-electron chi connectivity index (χ3n) is 6.07. The maximum absolute atomic E-state index is 13.3. The van der Waals surface area contributed by atoms with E-state index in [1.165, 1.54) is 12.0 Å².